The fourth-order valence-electron chi connectivity index (χ4n) is 4.56. The third-order valence-corrected chi connectivity index (χ3v) is 5.59. The van der Waals surface area contributed by atoms with E-state index in [2.05, 4.69) is 58.8 Å². The first kappa shape index (κ1) is 16.3. The van der Waals surface area contributed by atoms with E-state index in [1.54, 1.807) is 0 Å². The minimum atomic E-state index is -0.0881. The maximum atomic E-state index is 6.36. The molecule has 20 heavy (non-hydrogen) atoms. The number of hydrogen-bond acceptors (Lipinski definition) is 3. The maximum absolute atomic E-state index is 6.36. The number of ether oxygens (including phenoxy) is 1. The molecule has 1 N–H and O–H groups in total. The number of likely N-dealkylation sites (N-methyl/N-ethyl adjacent to an activating group) is 1. The average Bonchev–Trinajstić information content (AvgIpc) is 2.47. The number of hydrogen-bond donors (Lipinski definition) is 1. The van der Waals surface area contributed by atoms with Crippen LogP contribution in [0.25, 0.3) is 0 Å². The van der Waals surface area contributed by atoms with Gasteiger partial charge in [-0.2, -0.15) is 0 Å². The Labute approximate surface area is 125 Å². The van der Waals surface area contributed by atoms with Crippen LogP contribution in [0.5, 0.6) is 0 Å². The second-order valence-electron chi connectivity index (χ2n) is 8.16. The highest BCUT2D eigenvalue weighted by Gasteiger charge is 2.53. The Kier molecular flexibility index (Phi) is 4.54. The largest absolute Gasteiger partial charge is 0.368 e. The fourth-order valence-corrected chi connectivity index (χ4v) is 4.56. The minimum Gasteiger partial charge on any atom is -0.368 e. The highest BCUT2D eigenvalue weighted by Crippen LogP contribution is 2.43. The molecule has 4 atom stereocenters. The van der Waals surface area contributed by atoms with Gasteiger partial charge in [-0.05, 0) is 67.0 Å². The van der Waals surface area contributed by atoms with Crippen LogP contribution in [0, 0.1) is 11.8 Å². The van der Waals surface area contributed by atoms with Gasteiger partial charge >= 0.3 is 0 Å². The molecule has 4 unspecified atom stereocenters. The van der Waals surface area contributed by atoms with Crippen molar-refractivity contribution < 1.29 is 4.74 Å². The summed E-state index contributed by atoms with van der Waals surface area (Å²) in [5.74, 6) is 1.42. The summed E-state index contributed by atoms with van der Waals surface area (Å²) >= 11 is 0. The average molecular weight is 282 g/mol. The van der Waals surface area contributed by atoms with E-state index in [-0.39, 0.29) is 11.2 Å². The smallest absolute Gasteiger partial charge is 0.0790 e. The number of piperidine rings is 1. The van der Waals surface area contributed by atoms with Gasteiger partial charge in [0.25, 0.3) is 0 Å². The van der Waals surface area contributed by atoms with Crippen LogP contribution in [-0.4, -0.2) is 48.3 Å². The first-order valence-electron chi connectivity index (χ1n) is 8.29. The molecular weight excluding hydrogens is 248 g/mol. The standard InChI is InChI=1S/C17H34N2O/c1-12-8-9-19(13(2)10-12)11-14-15(18-7)17(5,6)20-16(14,3)4/h12-15,18H,8-11H2,1-7H3. The number of nitrogens with one attached hydrogen (secondary N) is 1. The molecule has 0 aromatic heterocycles. The van der Waals surface area contributed by atoms with Crippen molar-refractivity contribution in [3.8, 4) is 0 Å². The van der Waals surface area contributed by atoms with Crippen molar-refractivity contribution in [2.45, 2.75) is 77.7 Å². The van der Waals surface area contributed by atoms with Crippen molar-refractivity contribution in [3.05, 3.63) is 0 Å². The molecule has 2 aliphatic heterocycles. The SMILES string of the molecule is CNC1C(CN2CCC(C)CC2C)C(C)(C)OC1(C)C. The lowest BCUT2D eigenvalue weighted by Gasteiger charge is -2.41. The van der Waals surface area contributed by atoms with E-state index >= 15 is 0 Å². The van der Waals surface area contributed by atoms with E-state index < -0.39 is 0 Å². The van der Waals surface area contributed by atoms with Gasteiger partial charge in [0.05, 0.1) is 11.2 Å². The zero-order valence-corrected chi connectivity index (χ0v) is 14.5. The minimum absolute atomic E-state index is 0.0556. The van der Waals surface area contributed by atoms with Crippen LogP contribution in [0.15, 0.2) is 0 Å². The predicted molar refractivity (Wildman–Crippen MR) is 85.0 cm³/mol. The van der Waals surface area contributed by atoms with Crippen molar-refractivity contribution in [3.63, 3.8) is 0 Å². The third-order valence-electron chi connectivity index (χ3n) is 5.59. The van der Waals surface area contributed by atoms with Gasteiger partial charge in [0, 0.05) is 24.5 Å². The molecule has 2 saturated heterocycles. The van der Waals surface area contributed by atoms with Crippen molar-refractivity contribution >= 4 is 0 Å². The molecule has 0 radical (unpaired) electrons. The summed E-state index contributed by atoms with van der Waals surface area (Å²) in [5.41, 5.74) is -0.144. The molecule has 0 aromatic carbocycles. The van der Waals surface area contributed by atoms with Gasteiger partial charge in [0.1, 0.15) is 0 Å². The van der Waals surface area contributed by atoms with Gasteiger partial charge in [-0.3, -0.25) is 0 Å². The highest BCUT2D eigenvalue weighted by molar-refractivity contribution is 5.06. The molecule has 0 bridgehead atoms. The molecule has 118 valence electrons. The zero-order chi connectivity index (χ0) is 15.1. The molecule has 2 heterocycles. The molecule has 0 saturated carbocycles. The Balaban J connectivity index is 2.10. The van der Waals surface area contributed by atoms with Crippen LogP contribution < -0.4 is 5.32 Å². The molecule has 0 amide bonds. The Hall–Kier alpha value is -0.120. The molecule has 2 rings (SSSR count). The zero-order valence-electron chi connectivity index (χ0n) is 14.5. The Morgan fingerprint density at radius 2 is 1.80 bits per heavy atom. The predicted octanol–water partition coefficient (Wildman–Crippen LogP) is 2.90. The Bertz CT molecular complexity index is 340. The summed E-state index contributed by atoms with van der Waals surface area (Å²) < 4.78 is 6.36. The monoisotopic (exact) mass is 282 g/mol. The second-order valence-corrected chi connectivity index (χ2v) is 8.16. The van der Waals surface area contributed by atoms with Crippen molar-refractivity contribution in [1.82, 2.24) is 10.2 Å². The second kappa shape index (κ2) is 5.58. The first-order valence-corrected chi connectivity index (χ1v) is 8.29. The van der Waals surface area contributed by atoms with Crippen LogP contribution in [0.3, 0.4) is 0 Å². The van der Waals surface area contributed by atoms with Crippen LogP contribution in [-0.2, 0) is 4.74 Å². The normalized spacial score (nSPS) is 41.0. The Morgan fingerprint density at radius 3 is 2.35 bits per heavy atom. The van der Waals surface area contributed by atoms with Gasteiger partial charge < -0.3 is 15.0 Å². The summed E-state index contributed by atoms with van der Waals surface area (Å²) in [6.45, 7) is 16.1. The quantitative estimate of drug-likeness (QED) is 0.861. The maximum Gasteiger partial charge on any atom is 0.0790 e. The van der Waals surface area contributed by atoms with Gasteiger partial charge in [-0.25, -0.2) is 0 Å². The topological polar surface area (TPSA) is 24.5 Å². The summed E-state index contributed by atoms with van der Waals surface area (Å²) in [7, 11) is 2.08. The lowest BCUT2D eigenvalue weighted by Crippen LogP contribution is -2.52. The third kappa shape index (κ3) is 3.05. The van der Waals surface area contributed by atoms with Crippen LogP contribution in [0.4, 0.5) is 0 Å². The van der Waals surface area contributed by atoms with Gasteiger partial charge in [0.15, 0.2) is 0 Å². The lowest BCUT2D eigenvalue weighted by molar-refractivity contribution is -0.0806. The summed E-state index contributed by atoms with van der Waals surface area (Å²) in [5, 5.41) is 3.52. The fraction of sp³-hybridized carbons (Fsp3) is 1.00. The van der Waals surface area contributed by atoms with Crippen molar-refractivity contribution in [2.24, 2.45) is 11.8 Å². The van der Waals surface area contributed by atoms with Crippen molar-refractivity contribution in [1.29, 1.82) is 0 Å². The first-order chi connectivity index (χ1) is 9.17. The van der Waals surface area contributed by atoms with E-state index in [4.69, 9.17) is 4.74 Å². The molecule has 2 fully saturated rings. The molecule has 3 nitrogen and oxygen atoms in total. The summed E-state index contributed by atoms with van der Waals surface area (Å²) in [6.07, 6.45) is 2.67. The molecule has 0 aromatic rings. The van der Waals surface area contributed by atoms with E-state index in [1.807, 2.05) is 0 Å². The van der Waals surface area contributed by atoms with Crippen molar-refractivity contribution in [2.75, 3.05) is 20.1 Å². The van der Waals surface area contributed by atoms with Crippen LogP contribution in [0.1, 0.15) is 54.4 Å². The van der Waals surface area contributed by atoms with Crippen LogP contribution in [0.2, 0.25) is 0 Å². The molecular formula is C17H34N2O. The summed E-state index contributed by atoms with van der Waals surface area (Å²) in [4.78, 5) is 2.68. The van der Waals surface area contributed by atoms with E-state index in [9.17, 15) is 0 Å². The van der Waals surface area contributed by atoms with E-state index in [0.717, 1.165) is 12.5 Å². The molecule has 0 spiro atoms. The number of nitrogens with zero attached hydrogens (tertiary/aromatic N) is 1. The highest BCUT2D eigenvalue weighted by atomic mass is 16.5. The van der Waals surface area contributed by atoms with Gasteiger partial charge in [-0.1, -0.05) is 6.92 Å². The Morgan fingerprint density at radius 1 is 1.15 bits per heavy atom. The number of likely N-dealkylation sites (tertiary alicyclic amines) is 1. The molecule has 0 aliphatic carbocycles. The van der Waals surface area contributed by atoms with Crippen LogP contribution >= 0.6 is 0 Å². The van der Waals surface area contributed by atoms with Gasteiger partial charge in [-0.15, -0.1) is 0 Å². The van der Waals surface area contributed by atoms with E-state index in [1.165, 1.54) is 19.4 Å². The lowest BCUT2D eigenvalue weighted by atomic mass is 9.81. The molecule has 2 aliphatic rings. The van der Waals surface area contributed by atoms with Gasteiger partial charge in [0.2, 0.25) is 0 Å². The summed E-state index contributed by atoms with van der Waals surface area (Å²) in [6, 6.07) is 1.12. The number of rotatable bonds is 3. The molecule has 3 heteroatoms. The van der Waals surface area contributed by atoms with E-state index in [0.29, 0.717) is 18.0 Å².